The van der Waals surface area contributed by atoms with Crippen LogP contribution in [0.4, 0.5) is 0 Å². The van der Waals surface area contributed by atoms with E-state index in [0.717, 1.165) is 11.3 Å². The van der Waals surface area contributed by atoms with E-state index in [1.54, 1.807) is 13.2 Å². The first-order chi connectivity index (χ1) is 6.77. The molecular weight excluding hydrogens is 202 g/mol. The van der Waals surface area contributed by atoms with Crippen LogP contribution in [0.1, 0.15) is 5.56 Å². The molecule has 0 saturated carbocycles. The molecular formula is C10H14ClNO2. The number of rotatable bonds is 5. The van der Waals surface area contributed by atoms with Gasteiger partial charge < -0.3 is 15.2 Å². The van der Waals surface area contributed by atoms with Gasteiger partial charge >= 0.3 is 0 Å². The monoisotopic (exact) mass is 215 g/mol. The summed E-state index contributed by atoms with van der Waals surface area (Å²) in [4.78, 5) is 0. The van der Waals surface area contributed by atoms with Gasteiger partial charge in [0.1, 0.15) is 5.75 Å². The van der Waals surface area contributed by atoms with Crippen molar-refractivity contribution in [3.8, 4) is 5.75 Å². The smallest absolute Gasteiger partial charge is 0.123 e. The first-order valence-corrected chi connectivity index (χ1v) is 4.79. The highest BCUT2D eigenvalue weighted by Gasteiger charge is 2.02. The molecule has 0 spiro atoms. The number of hydrogen-bond acceptors (Lipinski definition) is 3. The molecule has 1 rings (SSSR count). The Morgan fingerprint density at radius 3 is 2.93 bits per heavy atom. The second-order valence-electron chi connectivity index (χ2n) is 2.86. The highest BCUT2D eigenvalue weighted by atomic mass is 35.5. The number of aliphatic hydroxyl groups excluding tert-OH is 1. The summed E-state index contributed by atoms with van der Waals surface area (Å²) in [6.45, 7) is 1.34. The van der Waals surface area contributed by atoms with Crippen LogP contribution < -0.4 is 10.1 Å². The predicted molar refractivity (Wildman–Crippen MR) is 56.8 cm³/mol. The van der Waals surface area contributed by atoms with Crippen molar-refractivity contribution >= 4 is 11.6 Å². The number of ether oxygens (including phenoxy) is 1. The Morgan fingerprint density at radius 1 is 1.50 bits per heavy atom. The molecule has 1 aromatic carbocycles. The molecule has 3 nitrogen and oxygen atoms in total. The van der Waals surface area contributed by atoms with Crippen molar-refractivity contribution in [2.75, 3.05) is 20.3 Å². The summed E-state index contributed by atoms with van der Waals surface area (Å²) in [7, 11) is 1.62. The van der Waals surface area contributed by atoms with Gasteiger partial charge in [0, 0.05) is 23.7 Å². The second-order valence-corrected chi connectivity index (χ2v) is 3.29. The second kappa shape index (κ2) is 5.86. The van der Waals surface area contributed by atoms with Crippen LogP contribution in [0, 0.1) is 0 Å². The minimum atomic E-state index is 0.128. The number of aliphatic hydroxyl groups is 1. The third-order valence-electron chi connectivity index (χ3n) is 1.85. The van der Waals surface area contributed by atoms with Crippen molar-refractivity contribution in [1.82, 2.24) is 5.32 Å². The molecule has 14 heavy (non-hydrogen) atoms. The zero-order valence-corrected chi connectivity index (χ0v) is 8.84. The predicted octanol–water partition coefficient (Wildman–Crippen LogP) is 1.43. The van der Waals surface area contributed by atoms with E-state index in [0.29, 0.717) is 18.1 Å². The Bertz CT molecular complexity index is 291. The highest BCUT2D eigenvalue weighted by Crippen LogP contribution is 2.22. The van der Waals surface area contributed by atoms with Gasteiger partial charge in [-0.3, -0.25) is 0 Å². The van der Waals surface area contributed by atoms with E-state index in [1.165, 1.54) is 0 Å². The van der Waals surface area contributed by atoms with Gasteiger partial charge in [0.15, 0.2) is 0 Å². The molecule has 0 bridgehead atoms. The summed E-state index contributed by atoms with van der Waals surface area (Å²) >= 11 is 5.85. The van der Waals surface area contributed by atoms with Crippen LogP contribution in [0.5, 0.6) is 5.75 Å². The summed E-state index contributed by atoms with van der Waals surface area (Å²) in [6, 6.07) is 5.47. The van der Waals surface area contributed by atoms with E-state index >= 15 is 0 Å². The summed E-state index contributed by atoms with van der Waals surface area (Å²) in [6.07, 6.45) is 0. The maximum atomic E-state index is 8.61. The fraction of sp³-hybridized carbons (Fsp3) is 0.400. The molecule has 0 saturated heterocycles. The molecule has 0 aliphatic rings. The lowest BCUT2D eigenvalue weighted by molar-refractivity contribution is 0.291. The van der Waals surface area contributed by atoms with E-state index in [4.69, 9.17) is 21.4 Å². The lowest BCUT2D eigenvalue weighted by atomic mass is 10.2. The van der Waals surface area contributed by atoms with Crippen LogP contribution in [0.15, 0.2) is 18.2 Å². The Labute approximate surface area is 88.7 Å². The van der Waals surface area contributed by atoms with Gasteiger partial charge in [-0.25, -0.2) is 0 Å². The van der Waals surface area contributed by atoms with Crippen molar-refractivity contribution in [2.24, 2.45) is 0 Å². The van der Waals surface area contributed by atoms with Crippen LogP contribution >= 0.6 is 11.6 Å². The molecule has 0 atom stereocenters. The molecule has 0 heterocycles. The summed E-state index contributed by atoms with van der Waals surface area (Å²) < 4.78 is 5.17. The van der Waals surface area contributed by atoms with Crippen molar-refractivity contribution in [2.45, 2.75) is 6.54 Å². The normalized spacial score (nSPS) is 10.2. The Kier molecular flexibility index (Phi) is 4.73. The maximum absolute atomic E-state index is 8.61. The quantitative estimate of drug-likeness (QED) is 0.731. The average molecular weight is 216 g/mol. The molecule has 0 aromatic heterocycles. The fourth-order valence-corrected chi connectivity index (χ4v) is 1.38. The van der Waals surface area contributed by atoms with Crippen LogP contribution in [0.25, 0.3) is 0 Å². The number of methoxy groups -OCH3 is 1. The topological polar surface area (TPSA) is 41.5 Å². The van der Waals surface area contributed by atoms with Gasteiger partial charge in [0.2, 0.25) is 0 Å². The van der Waals surface area contributed by atoms with E-state index in [2.05, 4.69) is 5.32 Å². The first kappa shape index (κ1) is 11.3. The molecule has 0 aliphatic heterocycles. The zero-order valence-electron chi connectivity index (χ0n) is 8.09. The molecule has 78 valence electrons. The summed E-state index contributed by atoms with van der Waals surface area (Å²) in [5, 5.41) is 12.4. The van der Waals surface area contributed by atoms with Gasteiger partial charge in [-0.2, -0.15) is 0 Å². The summed E-state index contributed by atoms with van der Waals surface area (Å²) in [5.41, 5.74) is 0.994. The minimum absolute atomic E-state index is 0.128. The van der Waals surface area contributed by atoms with E-state index in [1.807, 2.05) is 12.1 Å². The van der Waals surface area contributed by atoms with Crippen molar-refractivity contribution in [1.29, 1.82) is 0 Å². The Balaban J connectivity index is 2.67. The van der Waals surface area contributed by atoms with Gasteiger partial charge in [-0.15, -0.1) is 0 Å². The SMILES string of the molecule is COc1ccc(Cl)cc1CNCCO. The van der Waals surface area contributed by atoms with Crippen molar-refractivity contribution in [3.63, 3.8) is 0 Å². The molecule has 0 radical (unpaired) electrons. The average Bonchev–Trinajstić information content (AvgIpc) is 2.19. The number of halogens is 1. The van der Waals surface area contributed by atoms with Crippen LogP contribution in [-0.4, -0.2) is 25.4 Å². The largest absolute Gasteiger partial charge is 0.496 e. The van der Waals surface area contributed by atoms with E-state index in [9.17, 15) is 0 Å². The van der Waals surface area contributed by atoms with Crippen LogP contribution in [0.3, 0.4) is 0 Å². The van der Waals surface area contributed by atoms with Gasteiger partial charge in [0.25, 0.3) is 0 Å². The third kappa shape index (κ3) is 3.18. The molecule has 1 aromatic rings. The zero-order chi connectivity index (χ0) is 10.4. The van der Waals surface area contributed by atoms with Gasteiger partial charge in [-0.1, -0.05) is 11.6 Å². The highest BCUT2D eigenvalue weighted by molar-refractivity contribution is 6.30. The third-order valence-corrected chi connectivity index (χ3v) is 2.08. The molecule has 0 aliphatic carbocycles. The first-order valence-electron chi connectivity index (χ1n) is 4.42. The molecule has 2 N–H and O–H groups in total. The molecule has 0 fully saturated rings. The maximum Gasteiger partial charge on any atom is 0.123 e. The van der Waals surface area contributed by atoms with Crippen molar-refractivity contribution < 1.29 is 9.84 Å². The van der Waals surface area contributed by atoms with Crippen LogP contribution in [0.2, 0.25) is 5.02 Å². The Hall–Kier alpha value is -0.770. The number of nitrogens with one attached hydrogen (secondary N) is 1. The summed E-state index contributed by atoms with van der Waals surface area (Å²) in [5.74, 6) is 0.805. The lowest BCUT2D eigenvalue weighted by Gasteiger charge is -2.09. The number of benzene rings is 1. The van der Waals surface area contributed by atoms with Gasteiger partial charge in [0.05, 0.1) is 13.7 Å². The Morgan fingerprint density at radius 2 is 2.29 bits per heavy atom. The minimum Gasteiger partial charge on any atom is -0.496 e. The molecule has 0 amide bonds. The molecule has 0 unspecified atom stereocenters. The molecule has 4 heteroatoms. The van der Waals surface area contributed by atoms with E-state index in [-0.39, 0.29) is 6.61 Å². The van der Waals surface area contributed by atoms with Crippen LogP contribution in [-0.2, 0) is 6.54 Å². The van der Waals surface area contributed by atoms with E-state index < -0.39 is 0 Å². The van der Waals surface area contributed by atoms with Crippen molar-refractivity contribution in [3.05, 3.63) is 28.8 Å². The fourth-order valence-electron chi connectivity index (χ4n) is 1.19. The standard InChI is InChI=1S/C10H14ClNO2/c1-14-10-3-2-9(11)6-8(10)7-12-4-5-13/h2-3,6,12-13H,4-5,7H2,1H3. The number of hydrogen-bond donors (Lipinski definition) is 2. The van der Waals surface area contributed by atoms with Gasteiger partial charge in [-0.05, 0) is 18.2 Å². The lowest BCUT2D eigenvalue weighted by Crippen LogP contribution is -2.17.